The highest BCUT2D eigenvalue weighted by Crippen LogP contribution is 2.11. The summed E-state index contributed by atoms with van der Waals surface area (Å²) in [5.41, 5.74) is 0.625. The second kappa shape index (κ2) is 6.55. The fraction of sp³-hybridized carbons (Fsp3) is 0.286. The first-order valence-electron chi connectivity index (χ1n) is 5.49. The van der Waals surface area contributed by atoms with E-state index in [0.717, 1.165) is 6.07 Å². The van der Waals surface area contributed by atoms with Crippen molar-refractivity contribution >= 4 is 11.8 Å². The Morgan fingerprint density at radius 2 is 2.11 bits per heavy atom. The van der Waals surface area contributed by atoms with Gasteiger partial charge in [-0.3, -0.25) is 9.59 Å². The first-order valence-corrected chi connectivity index (χ1v) is 5.49. The lowest BCUT2D eigenvalue weighted by molar-refractivity contribution is -0.141. The predicted molar refractivity (Wildman–Crippen MR) is 64.5 cm³/mol. The van der Waals surface area contributed by atoms with E-state index in [1.165, 1.54) is 19.1 Å². The Hall–Kier alpha value is -2.15. The molecule has 3 nitrogen and oxygen atoms in total. The van der Waals surface area contributed by atoms with Crippen molar-refractivity contribution in [2.45, 2.75) is 20.3 Å². The van der Waals surface area contributed by atoms with Crippen molar-refractivity contribution in [2.24, 2.45) is 0 Å². The van der Waals surface area contributed by atoms with Gasteiger partial charge in [-0.25, -0.2) is 4.39 Å². The first kappa shape index (κ1) is 13.9. The van der Waals surface area contributed by atoms with Crippen LogP contribution in [0.5, 0.6) is 0 Å². The minimum Gasteiger partial charge on any atom is -0.465 e. The molecule has 0 amide bonds. The zero-order valence-corrected chi connectivity index (χ0v) is 10.2. The van der Waals surface area contributed by atoms with Gasteiger partial charge in [0.05, 0.1) is 6.61 Å². The van der Waals surface area contributed by atoms with E-state index in [2.05, 4.69) is 11.8 Å². The van der Waals surface area contributed by atoms with Gasteiger partial charge in [-0.15, -0.1) is 0 Å². The van der Waals surface area contributed by atoms with Crippen LogP contribution in [-0.4, -0.2) is 18.4 Å². The molecule has 1 aromatic carbocycles. The summed E-state index contributed by atoms with van der Waals surface area (Å²) in [6.45, 7) is 3.35. The van der Waals surface area contributed by atoms with Crippen molar-refractivity contribution < 1.29 is 18.7 Å². The zero-order chi connectivity index (χ0) is 13.5. The van der Waals surface area contributed by atoms with Crippen LogP contribution in [-0.2, 0) is 9.53 Å². The van der Waals surface area contributed by atoms with Gasteiger partial charge in [0.15, 0.2) is 5.78 Å². The molecule has 0 heterocycles. The van der Waals surface area contributed by atoms with E-state index >= 15 is 0 Å². The van der Waals surface area contributed by atoms with Crippen LogP contribution in [0.3, 0.4) is 0 Å². The number of Topliss-reactive ketones (excluding diaryl/α,β-unsaturated/α-hetero) is 1. The van der Waals surface area contributed by atoms with E-state index in [4.69, 9.17) is 4.74 Å². The highest BCUT2D eigenvalue weighted by atomic mass is 19.1. The van der Waals surface area contributed by atoms with E-state index in [1.54, 1.807) is 6.92 Å². The molecule has 1 rings (SSSR count). The molecule has 18 heavy (non-hydrogen) atoms. The number of hydrogen-bond donors (Lipinski definition) is 0. The van der Waals surface area contributed by atoms with E-state index in [9.17, 15) is 14.0 Å². The highest BCUT2D eigenvalue weighted by molar-refractivity contribution is 5.96. The Morgan fingerprint density at radius 1 is 1.39 bits per heavy atom. The molecule has 0 radical (unpaired) electrons. The van der Waals surface area contributed by atoms with Gasteiger partial charge in [0, 0.05) is 11.1 Å². The second-order valence-electron chi connectivity index (χ2n) is 3.53. The monoisotopic (exact) mass is 248 g/mol. The average Bonchev–Trinajstić information content (AvgIpc) is 2.31. The van der Waals surface area contributed by atoms with Crippen molar-refractivity contribution in [1.82, 2.24) is 0 Å². The summed E-state index contributed by atoms with van der Waals surface area (Å²) in [5, 5.41) is 0. The van der Waals surface area contributed by atoms with E-state index in [-0.39, 0.29) is 17.8 Å². The first-order chi connectivity index (χ1) is 8.54. The molecule has 0 saturated heterocycles. The van der Waals surface area contributed by atoms with Crippen molar-refractivity contribution in [3.8, 4) is 11.8 Å². The zero-order valence-electron chi connectivity index (χ0n) is 10.2. The fourth-order valence-electron chi connectivity index (χ4n) is 1.34. The SMILES string of the molecule is CCOC(=O)CC#Cc1ccc(F)cc1C(C)=O. The molecule has 0 N–H and O–H groups in total. The second-order valence-corrected chi connectivity index (χ2v) is 3.53. The molecular formula is C14H13FO3. The van der Waals surface area contributed by atoms with E-state index < -0.39 is 11.8 Å². The topological polar surface area (TPSA) is 43.4 Å². The maximum atomic E-state index is 13.0. The molecule has 0 aliphatic heterocycles. The quantitative estimate of drug-likeness (QED) is 0.468. The Morgan fingerprint density at radius 3 is 2.72 bits per heavy atom. The van der Waals surface area contributed by atoms with Crippen molar-refractivity contribution in [3.05, 3.63) is 35.1 Å². The normalized spacial score (nSPS) is 9.28. The van der Waals surface area contributed by atoms with Gasteiger partial charge in [-0.1, -0.05) is 11.8 Å². The molecule has 0 spiro atoms. The van der Waals surface area contributed by atoms with Crippen molar-refractivity contribution in [3.63, 3.8) is 0 Å². The van der Waals surface area contributed by atoms with Crippen molar-refractivity contribution in [2.75, 3.05) is 6.61 Å². The Balaban J connectivity index is 2.88. The summed E-state index contributed by atoms with van der Waals surface area (Å²) < 4.78 is 17.7. The Labute approximate surface area is 105 Å². The Bertz CT molecular complexity index is 524. The van der Waals surface area contributed by atoms with Crippen LogP contribution in [0, 0.1) is 17.7 Å². The summed E-state index contributed by atoms with van der Waals surface area (Å²) in [5.74, 6) is 4.10. The van der Waals surface area contributed by atoms with Gasteiger partial charge in [-0.2, -0.15) is 0 Å². The summed E-state index contributed by atoms with van der Waals surface area (Å²) in [6.07, 6.45) is -0.0530. The van der Waals surface area contributed by atoms with Crippen LogP contribution < -0.4 is 0 Å². The standard InChI is InChI=1S/C14H13FO3/c1-3-18-14(17)6-4-5-11-7-8-12(15)9-13(11)10(2)16/h7-9H,3,6H2,1-2H3. The van der Waals surface area contributed by atoms with Gasteiger partial charge < -0.3 is 4.74 Å². The van der Waals surface area contributed by atoms with Gasteiger partial charge in [0.1, 0.15) is 12.2 Å². The number of ketones is 1. The van der Waals surface area contributed by atoms with Gasteiger partial charge in [-0.05, 0) is 32.0 Å². The molecule has 0 aliphatic carbocycles. The number of rotatable bonds is 3. The van der Waals surface area contributed by atoms with E-state index in [0.29, 0.717) is 12.2 Å². The molecule has 0 fully saturated rings. The third kappa shape index (κ3) is 4.02. The smallest absolute Gasteiger partial charge is 0.317 e. The number of esters is 1. The number of carbonyl (C=O) groups excluding carboxylic acids is 2. The molecule has 0 bridgehead atoms. The largest absolute Gasteiger partial charge is 0.465 e. The number of ether oxygens (including phenoxy) is 1. The third-order valence-electron chi connectivity index (χ3n) is 2.12. The minimum atomic E-state index is -0.490. The molecule has 1 aromatic rings. The van der Waals surface area contributed by atoms with Crippen molar-refractivity contribution in [1.29, 1.82) is 0 Å². The van der Waals surface area contributed by atoms with Crippen LogP contribution in [0.25, 0.3) is 0 Å². The number of carbonyl (C=O) groups is 2. The maximum Gasteiger partial charge on any atom is 0.317 e. The summed E-state index contributed by atoms with van der Waals surface area (Å²) in [4.78, 5) is 22.3. The lowest BCUT2D eigenvalue weighted by Crippen LogP contribution is -2.02. The fourth-order valence-corrected chi connectivity index (χ4v) is 1.34. The molecule has 94 valence electrons. The maximum absolute atomic E-state index is 13.0. The molecule has 0 aliphatic rings. The lowest BCUT2D eigenvalue weighted by atomic mass is 10.0. The molecular weight excluding hydrogens is 235 g/mol. The van der Waals surface area contributed by atoms with Gasteiger partial charge in [0.2, 0.25) is 0 Å². The number of hydrogen-bond acceptors (Lipinski definition) is 3. The third-order valence-corrected chi connectivity index (χ3v) is 2.12. The number of benzene rings is 1. The molecule has 0 saturated carbocycles. The number of halogens is 1. The van der Waals surface area contributed by atoms with Crippen LogP contribution in [0.2, 0.25) is 0 Å². The predicted octanol–water partition coefficient (Wildman–Crippen LogP) is 2.33. The molecule has 0 atom stereocenters. The van der Waals surface area contributed by atoms with Crippen LogP contribution in [0.15, 0.2) is 18.2 Å². The van der Waals surface area contributed by atoms with Gasteiger partial charge in [0.25, 0.3) is 0 Å². The summed E-state index contributed by atoms with van der Waals surface area (Å²) in [7, 11) is 0. The molecule has 0 aromatic heterocycles. The Kier molecular flexibility index (Phi) is 5.06. The minimum absolute atomic E-state index is 0.0530. The van der Waals surface area contributed by atoms with Crippen LogP contribution in [0.1, 0.15) is 36.2 Å². The average molecular weight is 248 g/mol. The van der Waals surface area contributed by atoms with Gasteiger partial charge >= 0.3 is 5.97 Å². The summed E-state index contributed by atoms with van der Waals surface area (Å²) in [6, 6.07) is 3.78. The van der Waals surface area contributed by atoms with Crippen LogP contribution >= 0.6 is 0 Å². The molecule has 0 unspecified atom stereocenters. The van der Waals surface area contributed by atoms with Crippen LogP contribution in [0.4, 0.5) is 4.39 Å². The highest BCUT2D eigenvalue weighted by Gasteiger charge is 2.06. The lowest BCUT2D eigenvalue weighted by Gasteiger charge is -2.00. The molecule has 4 heteroatoms. The van der Waals surface area contributed by atoms with E-state index in [1.807, 2.05) is 0 Å². The summed E-state index contributed by atoms with van der Waals surface area (Å²) >= 11 is 0.